The molecule has 0 fully saturated rings. The minimum absolute atomic E-state index is 0.146. The quantitative estimate of drug-likeness (QED) is 0.451. The molecule has 2 amide bonds. The smallest absolute Gasteiger partial charge is 0.258 e. The molecule has 3 atom stereocenters. The Balaban J connectivity index is 1.76. The Hall–Kier alpha value is -4.26. The van der Waals surface area contributed by atoms with Crippen LogP contribution < -0.4 is 19.5 Å². The molecule has 4 rings (SSSR count). The zero-order chi connectivity index (χ0) is 27.8. The second-order valence-electron chi connectivity index (χ2n) is 9.66. The van der Waals surface area contributed by atoms with Crippen molar-refractivity contribution < 1.29 is 23.8 Å². The molecule has 7 heteroatoms. The predicted molar refractivity (Wildman–Crippen MR) is 151 cm³/mol. The minimum Gasteiger partial charge on any atom is -0.497 e. The second kappa shape index (κ2) is 13.0. The van der Waals surface area contributed by atoms with Crippen molar-refractivity contribution in [3.63, 3.8) is 0 Å². The van der Waals surface area contributed by atoms with Crippen molar-refractivity contribution in [3.05, 3.63) is 102 Å². The summed E-state index contributed by atoms with van der Waals surface area (Å²) >= 11 is 0. The van der Waals surface area contributed by atoms with Gasteiger partial charge in [0.15, 0.2) is 0 Å². The fraction of sp³-hybridized carbons (Fsp3) is 0.312. The third-order valence-electron chi connectivity index (χ3n) is 6.95. The van der Waals surface area contributed by atoms with Crippen LogP contribution in [0.1, 0.15) is 47.3 Å². The molecule has 0 aromatic heterocycles. The van der Waals surface area contributed by atoms with E-state index in [1.807, 2.05) is 67.6 Å². The number of nitrogens with zero attached hydrogens (tertiary/aromatic N) is 1. The third-order valence-corrected chi connectivity index (χ3v) is 6.95. The molecule has 0 saturated carbocycles. The first kappa shape index (κ1) is 27.8. The van der Waals surface area contributed by atoms with Crippen molar-refractivity contribution in [1.82, 2.24) is 10.2 Å². The number of hydrogen-bond donors (Lipinski definition) is 1. The highest BCUT2D eigenvalue weighted by Crippen LogP contribution is 2.32. The van der Waals surface area contributed by atoms with Crippen LogP contribution in [-0.2, 0) is 11.2 Å². The molecule has 39 heavy (non-hydrogen) atoms. The Labute approximate surface area is 230 Å². The lowest BCUT2D eigenvalue weighted by Gasteiger charge is -2.31. The minimum atomic E-state index is -0.760. The molecule has 1 N–H and O–H groups in total. The average molecular weight is 529 g/mol. The van der Waals surface area contributed by atoms with Crippen LogP contribution in [-0.4, -0.2) is 50.1 Å². The number of hydrogen-bond acceptors (Lipinski definition) is 5. The van der Waals surface area contributed by atoms with Gasteiger partial charge in [-0.15, -0.1) is 0 Å². The molecule has 3 aromatic carbocycles. The Morgan fingerprint density at radius 2 is 1.64 bits per heavy atom. The van der Waals surface area contributed by atoms with Crippen molar-refractivity contribution >= 4 is 11.8 Å². The highest BCUT2D eigenvalue weighted by molar-refractivity contribution is 5.99. The van der Waals surface area contributed by atoms with E-state index in [1.54, 1.807) is 45.5 Å². The Bertz CT molecular complexity index is 1310. The van der Waals surface area contributed by atoms with Gasteiger partial charge in [0.2, 0.25) is 5.91 Å². The SMILES string of the molecule is COc1ccc([C@@H]2C/C=C\C[C@H](C)Oc3ccccc3C(=O)N(C)[C@H](Cc3ccccc3)C(=O)N2)c(OC)c1. The monoisotopic (exact) mass is 528 g/mol. The second-order valence-corrected chi connectivity index (χ2v) is 9.66. The molecule has 0 unspecified atom stereocenters. The number of methoxy groups -OCH3 is 2. The van der Waals surface area contributed by atoms with E-state index in [-0.39, 0.29) is 24.0 Å². The molecule has 7 nitrogen and oxygen atoms in total. The lowest BCUT2D eigenvalue weighted by molar-refractivity contribution is -0.126. The number of para-hydroxylation sites is 1. The zero-order valence-electron chi connectivity index (χ0n) is 22.9. The van der Waals surface area contributed by atoms with Crippen LogP contribution in [0.5, 0.6) is 17.2 Å². The van der Waals surface area contributed by atoms with Crippen LogP contribution >= 0.6 is 0 Å². The van der Waals surface area contributed by atoms with E-state index in [4.69, 9.17) is 14.2 Å². The van der Waals surface area contributed by atoms with Gasteiger partial charge in [-0.05, 0) is 43.2 Å². The van der Waals surface area contributed by atoms with Gasteiger partial charge in [0.05, 0.1) is 31.9 Å². The number of likely N-dealkylation sites (N-methyl/N-ethyl adjacent to an activating group) is 1. The average Bonchev–Trinajstić information content (AvgIpc) is 2.96. The molecule has 3 aromatic rings. The van der Waals surface area contributed by atoms with Crippen LogP contribution in [0.15, 0.2) is 84.9 Å². The molecule has 204 valence electrons. The van der Waals surface area contributed by atoms with Crippen molar-refractivity contribution in [1.29, 1.82) is 0 Å². The van der Waals surface area contributed by atoms with Crippen LogP contribution in [0.4, 0.5) is 0 Å². The van der Waals surface area contributed by atoms with Crippen LogP contribution in [0.25, 0.3) is 0 Å². The third kappa shape index (κ3) is 6.79. The largest absolute Gasteiger partial charge is 0.497 e. The molecule has 0 saturated heterocycles. The first-order valence-electron chi connectivity index (χ1n) is 13.1. The summed E-state index contributed by atoms with van der Waals surface area (Å²) < 4.78 is 17.2. The number of fused-ring (bicyclic) bond motifs is 1. The van der Waals surface area contributed by atoms with Crippen molar-refractivity contribution in [3.8, 4) is 17.2 Å². The van der Waals surface area contributed by atoms with E-state index in [0.717, 1.165) is 11.1 Å². The predicted octanol–water partition coefficient (Wildman–Crippen LogP) is 5.36. The number of carbonyl (C=O) groups excluding carboxylic acids is 2. The molecule has 1 heterocycles. The van der Waals surface area contributed by atoms with Gasteiger partial charge >= 0.3 is 0 Å². The number of carbonyl (C=O) groups is 2. The van der Waals surface area contributed by atoms with Gasteiger partial charge in [-0.2, -0.15) is 0 Å². The number of ether oxygens (including phenoxy) is 3. The Kier molecular flexibility index (Phi) is 9.26. The first-order chi connectivity index (χ1) is 18.9. The summed E-state index contributed by atoms with van der Waals surface area (Å²) in [6.45, 7) is 1.98. The van der Waals surface area contributed by atoms with Gasteiger partial charge in [0.1, 0.15) is 23.3 Å². The molecule has 1 aliphatic heterocycles. The van der Waals surface area contributed by atoms with E-state index < -0.39 is 6.04 Å². The van der Waals surface area contributed by atoms with Gasteiger partial charge in [0, 0.05) is 31.5 Å². The van der Waals surface area contributed by atoms with Crippen molar-refractivity contribution in [2.24, 2.45) is 0 Å². The van der Waals surface area contributed by atoms with Gasteiger partial charge < -0.3 is 24.4 Å². The van der Waals surface area contributed by atoms with Crippen molar-refractivity contribution in [2.45, 2.75) is 44.4 Å². The maximum atomic E-state index is 14.0. The number of nitrogens with one attached hydrogen (secondary N) is 1. The molecular weight excluding hydrogens is 492 g/mol. The molecule has 1 aliphatic rings. The van der Waals surface area contributed by atoms with Gasteiger partial charge in [0.25, 0.3) is 5.91 Å². The molecular formula is C32H36N2O5. The highest BCUT2D eigenvalue weighted by atomic mass is 16.5. The summed E-state index contributed by atoms with van der Waals surface area (Å²) in [5.74, 6) is 1.25. The molecule has 0 aliphatic carbocycles. The summed E-state index contributed by atoms with van der Waals surface area (Å²) in [5, 5.41) is 3.22. The lowest BCUT2D eigenvalue weighted by atomic mass is 9.98. The van der Waals surface area contributed by atoms with E-state index in [1.165, 1.54) is 4.90 Å². The van der Waals surface area contributed by atoms with E-state index >= 15 is 0 Å². The first-order valence-corrected chi connectivity index (χ1v) is 13.1. The fourth-order valence-corrected chi connectivity index (χ4v) is 4.74. The maximum Gasteiger partial charge on any atom is 0.258 e. The van der Waals surface area contributed by atoms with Crippen LogP contribution in [0, 0.1) is 0 Å². The molecule has 0 spiro atoms. The fourth-order valence-electron chi connectivity index (χ4n) is 4.74. The summed E-state index contributed by atoms with van der Waals surface area (Å²) in [7, 11) is 4.87. The Morgan fingerprint density at radius 1 is 0.923 bits per heavy atom. The molecule has 0 bridgehead atoms. The topological polar surface area (TPSA) is 77.1 Å². The number of rotatable bonds is 5. The number of amides is 2. The maximum absolute atomic E-state index is 14.0. The number of benzene rings is 3. The summed E-state index contributed by atoms with van der Waals surface area (Å²) in [4.78, 5) is 29.3. The normalized spacial score (nSPS) is 21.1. The Morgan fingerprint density at radius 3 is 2.38 bits per heavy atom. The van der Waals surface area contributed by atoms with Gasteiger partial charge in [-0.1, -0.05) is 54.6 Å². The lowest BCUT2D eigenvalue weighted by Crippen LogP contribution is -2.49. The van der Waals surface area contributed by atoms with E-state index in [0.29, 0.717) is 42.1 Å². The van der Waals surface area contributed by atoms with Crippen molar-refractivity contribution in [2.75, 3.05) is 21.3 Å². The highest BCUT2D eigenvalue weighted by Gasteiger charge is 2.31. The zero-order valence-corrected chi connectivity index (χ0v) is 22.9. The van der Waals surface area contributed by atoms with E-state index in [2.05, 4.69) is 5.32 Å². The van der Waals surface area contributed by atoms with E-state index in [9.17, 15) is 9.59 Å². The standard InChI is InChI=1S/C32H36N2O5/c1-22-12-8-10-16-27(25-19-18-24(37-3)21-30(25)38-4)33-31(35)28(20-23-13-6-5-7-14-23)34(2)32(36)26-15-9-11-17-29(26)39-22/h5-11,13-15,17-19,21-22,27-28H,12,16,20H2,1-4H3,(H,33,35)/b10-8-/t22-,27-,28+/m0/s1. The molecule has 0 radical (unpaired) electrons. The summed E-state index contributed by atoms with van der Waals surface area (Å²) in [5.41, 5.74) is 2.20. The van der Waals surface area contributed by atoms with Crippen LogP contribution in [0.3, 0.4) is 0 Å². The summed E-state index contributed by atoms with van der Waals surface area (Å²) in [6, 6.07) is 21.3. The summed E-state index contributed by atoms with van der Waals surface area (Å²) in [6.07, 6.45) is 5.49. The van der Waals surface area contributed by atoms with Gasteiger partial charge in [-0.25, -0.2) is 0 Å². The van der Waals surface area contributed by atoms with Crippen LogP contribution in [0.2, 0.25) is 0 Å². The van der Waals surface area contributed by atoms with Gasteiger partial charge in [-0.3, -0.25) is 9.59 Å².